The molecule has 0 radical (unpaired) electrons. The van der Waals surface area contributed by atoms with Crippen LogP contribution in [-0.4, -0.2) is 146 Å². The molecule has 4 aromatic carbocycles. The fraction of sp³-hybridized carbons (Fsp3) is 0.494. The van der Waals surface area contributed by atoms with Crippen molar-refractivity contribution in [2.24, 2.45) is 23.5 Å². The van der Waals surface area contributed by atoms with Crippen molar-refractivity contribution in [2.75, 3.05) is 90.2 Å². The van der Waals surface area contributed by atoms with Gasteiger partial charge < -0.3 is 60.0 Å². The van der Waals surface area contributed by atoms with Gasteiger partial charge in [0.1, 0.15) is 23.9 Å². The molecule has 0 bridgehead atoms. The Kier molecular flexibility index (Phi) is 30.9. The number of nitrogens with zero attached hydrogens (tertiary/aromatic N) is 5. The van der Waals surface area contributed by atoms with Gasteiger partial charge in [0.05, 0.1) is 101 Å². The third-order valence-electron chi connectivity index (χ3n) is 17.8. The van der Waals surface area contributed by atoms with E-state index in [1.807, 2.05) is 86.8 Å². The van der Waals surface area contributed by atoms with Crippen LogP contribution in [0.3, 0.4) is 0 Å². The van der Waals surface area contributed by atoms with Gasteiger partial charge in [0.25, 0.3) is 0 Å². The molecule has 2 aromatic heterocycles. The first-order chi connectivity index (χ1) is 48.0. The number of ether oxygens (including phenoxy) is 6. The smallest absolute Gasteiger partial charge is 0.312 e. The standard InChI is InChI=1S/C77H99N9O13/c1-5-6-7-8-19-67-74-68(83-76(78)82-67)32-35-85(74)51-62-27-26-57(45-71(62)94-4)48-84-49-58(50-84)46-73(91)99-53-56-24-22-55(23-25-56)44-70(89)66(20-13-34-80-77(79)93)81-75(92)65(54(2)3)47-64(88)33-37-96-39-41-98-43-42-97-40-38-95-36-14-18-63(87)30-31-72(90)86-52-61-17-10-9-15-59(61)28-29-60-16-11-12-21-69(60)86/h9-12,15-17,21-27,32,35,45,54,58,65-66H,5-8,13-14,18-20,30-31,33-34,36-44,46-53H2,1-4H3,(H,81,92)(H2,78,82,83)(H3,79,80,93)/t65-,66-/m0/s1. The Bertz CT molecular complexity index is 3710. The number of carbonyl (C=O) groups is 7. The summed E-state index contributed by atoms with van der Waals surface area (Å²) in [6, 6.07) is 29.3. The van der Waals surface area contributed by atoms with Crippen LogP contribution in [0, 0.1) is 29.6 Å². The molecule has 2 aliphatic rings. The van der Waals surface area contributed by atoms with Gasteiger partial charge >= 0.3 is 12.0 Å². The van der Waals surface area contributed by atoms with Gasteiger partial charge in [-0.05, 0) is 96.5 Å². The van der Waals surface area contributed by atoms with Crippen molar-refractivity contribution in [2.45, 2.75) is 149 Å². The molecule has 530 valence electrons. The molecule has 0 spiro atoms. The number of nitrogens with one attached hydrogen (secondary N) is 2. The summed E-state index contributed by atoms with van der Waals surface area (Å²) < 4.78 is 36.3. The Morgan fingerprint density at radius 2 is 1.38 bits per heavy atom. The maximum Gasteiger partial charge on any atom is 0.312 e. The van der Waals surface area contributed by atoms with Gasteiger partial charge in [-0.3, -0.25) is 33.7 Å². The molecule has 22 nitrogen and oxygen atoms in total. The summed E-state index contributed by atoms with van der Waals surface area (Å²) in [5.41, 5.74) is 21.2. The average Bonchev–Trinajstić information content (AvgIpc) is 1.71. The molecule has 0 aliphatic carbocycles. The van der Waals surface area contributed by atoms with Crippen LogP contribution in [-0.2, 0) is 91.5 Å². The number of carbonyl (C=O) groups excluding carboxylic acids is 7. The van der Waals surface area contributed by atoms with E-state index in [0.717, 1.165) is 100 Å². The molecule has 0 saturated carbocycles. The number of hydrogen-bond donors (Lipinski definition) is 4. The molecule has 8 rings (SSSR count). The van der Waals surface area contributed by atoms with Crippen molar-refractivity contribution in [3.05, 3.63) is 148 Å². The number of aromatic nitrogens is 3. The topological polar surface area (TPSA) is 288 Å². The molecule has 1 saturated heterocycles. The molecule has 4 heterocycles. The summed E-state index contributed by atoms with van der Waals surface area (Å²) in [6.45, 7) is 12.0. The van der Waals surface area contributed by atoms with Crippen molar-refractivity contribution < 1.29 is 62.0 Å². The minimum Gasteiger partial charge on any atom is -0.496 e. The highest BCUT2D eigenvalue weighted by atomic mass is 16.6. The van der Waals surface area contributed by atoms with E-state index in [-0.39, 0.29) is 106 Å². The number of methoxy groups -OCH3 is 1. The lowest BCUT2D eigenvalue weighted by Gasteiger charge is -2.39. The van der Waals surface area contributed by atoms with E-state index in [1.54, 1.807) is 24.1 Å². The van der Waals surface area contributed by atoms with Gasteiger partial charge in [0, 0.05) is 100 Å². The molecule has 6 aromatic rings. The molecule has 1 fully saturated rings. The van der Waals surface area contributed by atoms with Gasteiger partial charge in [-0.15, -0.1) is 0 Å². The number of rotatable bonds is 45. The van der Waals surface area contributed by atoms with Gasteiger partial charge in [-0.1, -0.05) is 119 Å². The van der Waals surface area contributed by atoms with E-state index in [2.05, 4.69) is 67.0 Å². The monoisotopic (exact) mass is 1360 g/mol. The van der Waals surface area contributed by atoms with Crippen molar-refractivity contribution in [3.63, 3.8) is 0 Å². The number of aryl methyl sites for hydroxylation is 1. The summed E-state index contributed by atoms with van der Waals surface area (Å²) in [6.07, 6.45) is 9.53. The first-order valence-corrected chi connectivity index (χ1v) is 35.0. The molecule has 0 unspecified atom stereocenters. The second kappa shape index (κ2) is 40.3. The minimum absolute atomic E-state index is 0.00844. The third-order valence-corrected chi connectivity index (χ3v) is 17.8. The number of nitrogens with two attached hydrogens (primary N) is 2. The Balaban J connectivity index is 0.660. The number of primary amides is 1. The van der Waals surface area contributed by atoms with Crippen molar-refractivity contribution in [1.82, 2.24) is 30.1 Å². The fourth-order valence-electron chi connectivity index (χ4n) is 12.3. The molecular weight excluding hydrogens is 1260 g/mol. The van der Waals surface area contributed by atoms with Crippen LogP contribution in [0.2, 0.25) is 0 Å². The molecular formula is C77H99N9O13. The second-order valence-corrected chi connectivity index (χ2v) is 25.9. The number of Topliss-reactive ketones (excluding diaryl/α,β-unsaturated/α-hetero) is 3. The number of urea groups is 1. The first-order valence-electron chi connectivity index (χ1n) is 35.0. The quantitative estimate of drug-likeness (QED) is 0.0157. The Morgan fingerprint density at radius 3 is 2.11 bits per heavy atom. The number of unbranched alkanes of at least 4 members (excludes halogenated alkanes) is 3. The largest absolute Gasteiger partial charge is 0.496 e. The van der Waals surface area contributed by atoms with E-state index >= 15 is 0 Å². The number of esters is 1. The SMILES string of the molecule is CCCCCCc1nc(N)nc2ccn(Cc3ccc(CN4CC(CC(=O)OCc5ccc(CC(=O)[C@H](CCCNC(N)=O)NC(=O)[C@@H](CC(=O)CCOCCOCCOCCOCCCC(=O)CCC(=O)N6Cc7ccccc7C#Cc7ccccc76)C(C)C)cc5)C4)cc3OC)c12. The molecule has 99 heavy (non-hydrogen) atoms. The summed E-state index contributed by atoms with van der Waals surface area (Å²) in [5, 5.41) is 5.45. The Hall–Kier alpha value is -8.85. The fourth-order valence-corrected chi connectivity index (χ4v) is 12.3. The number of amides is 4. The number of likely N-dealkylation sites (tertiary alicyclic amines) is 1. The highest BCUT2D eigenvalue weighted by Gasteiger charge is 2.31. The highest BCUT2D eigenvalue weighted by Crippen LogP contribution is 2.30. The van der Waals surface area contributed by atoms with Crippen LogP contribution >= 0.6 is 0 Å². The van der Waals surface area contributed by atoms with Gasteiger partial charge in [-0.2, -0.15) is 0 Å². The maximum absolute atomic E-state index is 13.9. The number of para-hydroxylation sites is 1. The Morgan fingerprint density at radius 1 is 0.697 bits per heavy atom. The molecule has 22 heteroatoms. The zero-order chi connectivity index (χ0) is 70.3. The minimum atomic E-state index is -0.892. The molecule has 4 amide bonds. The van der Waals surface area contributed by atoms with E-state index < -0.39 is 23.9 Å². The third kappa shape index (κ3) is 24.8. The van der Waals surface area contributed by atoms with Crippen molar-refractivity contribution in [3.8, 4) is 17.6 Å². The van der Waals surface area contributed by atoms with Gasteiger partial charge in [0.2, 0.25) is 17.8 Å². The van der Waals surface area contributed by atoms with Gasteiger partial charge in [0.15, 0.2) is 5.78 Å². The van der Waals surface area contributed by atoms with Crippen LogP contribution in [0.1, 0.15) is 149 Å². The maximum atomic E-state index is 13.9. The summed E-state index contributed by atoms with van der Waals surface area (Å²) in [4.78, 5) is 105. The zero-order valence-corrected chi connectivity index (χ0v) is 58.0. The normalized spacial score (nSPS) is 13.4. The predicted molar refractivity (Wildman–Crippen MR) is 378 cm³/mol. The van der Waals surface area contributed by atoms with E-state index in [4.69, 9.17) is 39.9 Å². The Labute approximate surface area is 581 Å². The lowest BCUT2D eigenvalue weighted by Crippen LogP contribution is -2.46. The number of anilines is 2. The van der Waals surface area contributed by atoms with Crippen molar-refractivity contribution >= 4 is 63.8 Å². The van der Waals surface area contributed by atoms with E-state index in [9.17, 15) is 33.6 Å². The lowest BCUT2D eigenvalue weighted by atomic mass is 9.88. The number of ketones is 3. The van der Waals surface area contributed by atoms with Crippen LogP contribution in [0.25, 0.3) is 11.0 Å². The number of nitrogen functional groups attached to an aromatic ring is 1. The number of hydrogen-bond acceptors (Lipinski definition) is 17. The van der Waals surface area contributed by atoms with Gasteiger partial charge in [-0.25, -0.2) is 14.8 Å². The average molecular weight is 1360 g/mol. The first kappa shape index (κ1) is 75.9. The van der Waals surface area contributed by atoms with E-state index in [1.165, 1.54) is 12.8 Å². The summed E-state index contributed by atoms with van der Waals surface area (Å²) in [7, 11) is 1.69. The number of fused-ring (bicyclic) bond motifs is 3. The predicted octanol–water partition coefficient (Wildman–Crippen LogP) is 9.57. The molecule has 6 N–H and O–H groups in total. The lowest BCUT2D eigenvalue weighted by molar-refractivity contribution is -0.147. The van der Waals surface area contributed by atoms with Crippen molar-refractivity contribution in [1.29, 1.82) is 0 Å². The molecule has 2 aliphatic heterocycles. The highest BCUT2D eigenvalue weighted by molar-refractivity contribution is 5.97. The van der Waals surface area contributed by atoms with E-state index in [0.29, 0.717) is 89.9 Å². The van der Waals surface area contributed by atoms with Crippen LogP contribution in [0.4, 0.5) is 16.4 Å². The van der Waals surface area contributed by atoms with Crippen LogP contribution in [0.15, 0.2) is 103 Å². The van der Waals surface area contributed by atoms with Crippen LogP contribution < -0.4 is 31.7 Å². The van der Waals surface area contributed by atoms with Crippen LogP contribution in [0.5, 0.6) is 5.75 Å². The summed E-state index contributed by atoms with van der Waals surface area (Å²) >= 11 is 0. The molecule has 2 atom stereocenters. The number of benzene rings is 4. The second-order valence-electron chi connectivity index (χ2n) is 25.9. The zero-order valence-electron chi connectivity index (χ0n) is 58.0. The summed E-state index contributed by atoms with van der Waals surface area (Å²) in [5.74, 6) is 5.59.